The zero-order valence-electron chi connectivity index (χ0n) is 19.7. The van der Waals surface area contributed by atoms with E-state index in [0.29, 0.717) is 6.42 Å². The van der Waals surface area contributed by atoms with Crippen molar-refractivity contribution in [3.05, 3.63) is 59.7 Å². The summed E-state index contributed by atoms with van der Waals surface area (Å²) in [5.41, 5.74) is 1.86. The van der Waals surface area contributed by atoms with E-state index in [-0.39, 0.29) is 16.2 Å². The van der Waals surface area contributed by atoms with Crippen molar-refractivity contribution in [3.8, 4) is 0 Å². The molecule has 32 heavy (non-hydrogen) atoms. The molecule has 0 N–H and O–H groups in total. The van der Waals surface area contributed by atoms with Crippen molar-refractivity contribution in [3.63, 3.8) is 0 Å². The van der Waals surface area contributed by atoms with Gasteiger partial charge in [0.25, 0.3) is 0 Å². The van der Waals surface area contributed by atoms with Gasteiger partial charge in [-0.15, -0.1) is 0 Å². The molecule has 0 bridgehead atoms. The lowest BCUT2D eigenvalue weighted by Gasteiger charge is -2.19. The number of benzene rings is 2. The van der Waals surface area contributed by atoms with Crippen LogP contribution >= 0.6 is 0 Å². The highest BCUT2D eigenvalue weighted by Gasteiger charge is 2.39. The van der Waals surface area contributed by atoms with E-state index in [1.165, 1.54) is 56.4 Å². The summed E-state index contributed by atoms with van der Waals surface area (Å²) < 4.78 is 52.2. The first-order chi connectivity index (χ1) is 15.2. The topological polar surface area (TPSA) is 68.3 Å². The first-order valence-electron chi connectivity index (χ1n) is 11.8. The second-order valence-electron chi connectivity index (χ2n) is 8.76. The van der Waals surface area contributed by atoms with Crippen LogP contribution < -0.4 is 0 Å². The molecule has 0 aliphatic carbocycles. The predicted octanol–water partition coefficient (Wildman–Crippen LogP) is 6.80. The van der Waals surface area contributed by atoms with Crippen LogP contribution in [-0.4, -0.2) is 21.4 Å². The van der Waals surface area contributed by atoms with E-state index in [2.05, 4.69) is 6.92 Å². The summed E-state index contributed by atoms with van der Waals surface area (Å²) in [6.07, 6.45) is 9.85. The van der Waals surface area contributed by atoms with Crippen molar-refractivity contribution in [1.82, 2.24) is 0 Å². The summed E-state index contributed by atoms with van der Waals surface area (Å²) in [6, 6.07) is 12.9. The molecule has 4 nitrogen and oxygen atoms in total. The van der Waals surface area contributed by atoms with E-state index < -0.39 is 24.3 Å². The van der Waals surface area contributed by atoms with Gasteiger partial charge in [-0.3, -0.25) is 0 Å². The van der Waals surface area contributed by atoms with Crippen LogP contribution in [0.25, 0.3) is 0 Å². The zero-order valence-corrected chi connectivity index (χ0v) is 21.3. The van der Waals surface area contributed by atoms with E-state index in [9.17, 15) is 16.8 Å². The van der Waals surface area contributed by atoms with E-state index in [1.54, 1.807) is 24.3 Å². The summed E-state index contributed by atoms with van der Waals surface area (Å²) >= 11 is 0. The Balaban J connectivity index is 2.15. The zero-order chi connectivity index (χ0) is 23.6. The summed E-state index contributed by atoms with van der Waals surface area (Å²) in [7, 11) is -8.06. The molecule has 0 radical (unpaired) electrons. The largest absolute Gasteiger partial charge is 0.222 e. The molecule has 6 heteroatoms. The lowest BCUT2D eigenvalue weighted by molar-refractivity contribution is 0.543. The van der Waals surface area contributed by atoms with Crippen molar-refractivity contribution < 1.29 is 16.8 Å². The molecule has 0 saturated carbocycles. The van der Waals surface area contributed by atoms with Gasteiger partial charge in [-0.2, -0.15) is 0 Å². The van der Waals surface area contributed by atoms with Gasteiger partial charge >= 0.3 is 0 Å². The quantitative estimate of drug-likeness (QED) is 0.280. The fourth-order valence-electron chi connectivity index (χ4n) is 3.86. The normalized spacial score (nSPS) is 12.4. The molecule has 0 aliphatic rings. The molecule has 0 heterocycles. The Morgan fingerprint density at radius 1 is 0.562 bits per heavy atom. The molecule has 2 rings (SSSR count). The minimum absolute atomic E-state index is 0.0692. The minimum Gasteiger partial charge on any atom is -0.222 e. The van der Waals surface area contributed by atoms with Crippen LogP contribution in [0.1, 0.15) is 82.3 Å². The second-order valence-corrected chi connectivity index (χ2v) is 13.3. The molecule has 0 atom stereocenters. The van der Waals surface area contributed by atoms with Crippen molar-refractivity contribution in [1.29, 1.82) is 0 Å². The SMILES string of the molecule is CCCCCCCCCCCC(S(=O)(=O)c1ccc(C)cc1)S(=O)(=O)c1ccc(C)cc1. The maximum Gasteiger partial charge on any atom is 0.195 e. The molecular formula is C26H38O4S2. The van der Waals surface area contributed by atoms with E-state index in [4.69, 9.17) is 0 Å². The summed E-state index contributed by atoms with van der Waals surface area (Å²) in [6.45, 7) is 5.95. The number of unbranched alkanes of at least 4 members (excludes halogenated alkanes) is 8. The standard InChI is InChI=1S/C26H38O4S2/c1-4-5-6-7-8-9-10-11-12-13-26(31(27,28)24-18-14-22(2)15-19-24)32(29,30)25-20-16-23(3)17-21-25/h14-21,26H,4-13H2,1-3H3. The predicted molar refractivity (Wildman–Crippen MR) is 132 cm³/mol. The lowest BCUT2D eigenvalue weighted by atomic mass is 10.1. The van der Waals surface area contributed by atoms with Crippen LogP contribution in [0, 0.1) is 13.8 Å². The Kier molecular flexibility index (Phi) is 10.4. The fraction of sp³-hybridized carbons (Fsp3) is 0.538. The molecule has 0 amide bonds. The monoisotopic (exact) mass is 478 g/mol. The van der Waals surface area contributed by atoms with E-state index in [1.807, 2.05) is 13.8 Å². The Morgan fingerprint density at radius 3 is 1.28 bits per heavy atom. The molecule has 2 aromatic carbocycles. The highest BCUT2D eigenvalue weighted by atomic mass is 32.3. The Labute approximate surface area is 195 Å². The van der Waals surface area contributed by atoms with Gasteiger partial charge in [-0.05, 0) is 44.5 Å². The van der Waals surface area contributed by atoms with E-state index in [0.717, 1.165) is 30.4 Å². The Morgan fingerprint density at radius 2 is 0.906 bits per heavy atom. The van der Waals surface area contributed by atoms with Crippen molar-refractivity contribution >= 4 is 19.7 Å². The molecule has 178 valence electrons. The average Bonchev–Trinajstić information content (AvgIpc) is 2.75. The van der Waals surface area contributed by atoms with Crippen LogP contribution in [-0.2, 0) is 19.7 Å². The van der Waals surface area contributed by atoms with Gasteiger partial charge in [0.1, 0.15) is 0 Å². The van der Waals surface area contributed by atoms with Crippen molar-refractivity contribution in [2.24, 2.45) is 0 Å². The van der Waals surface area contributed by atoms with Gasteiger partial charge in [-0.25, -0.2) is 16.8 Å². The maximum absolute atomic E-state index is 13.4. The van der Waals surface area contributed by atoms with Crippen LogP contribution in [0.2, 0.25) is 0 Å². The van der Waals surface area contributed by atoms with Crippen molar-refractivity contribution in [2.45, 2.75) is 99.4 Å². The van der Waals surface area contributed by atoms with Gasteiger partial charge in [0.15, 0.2) is 24.3 Å². The molecule has 0 saturated heterocycles. The smallest absolute Gasteiger partial charge is 0.195 e. The summed E-state index contributed by atoms with van der Waals surface area (Å²) in [5.74, 6) is 0. The fourth-order valence-corrected chi connectivity index (χ4v) is 8.45. The third-order valence-electron chi connectivity index (χ3n) is 5.93. The van der Waals surface area contributed by atoms with Gasteiger partial charge in [0, 0.05) is 0 Å². The second kappa shape index (κ2) is 12.5. The highest BCUT2D eigenvalue weighted by Crippen LogP contribution is 2.30. The van der Waals surface area contributed by atoms with E-state index >= 15 is 0 Å². The number of hydrogen-bond acceptors (Lipinski definition) is 4. The van der Waals surface area contributed by atoms with Crippen LogP contribution in [0.4, 0.5) is 0 Å². The molecule has 0 unspecified atom stereocenters. The van der Waals surface area contributed by atoms with Crippen LogP contribution in [0.15, 0.2) is 58.3 Å². The molecule has 0 aliphatic heterocycles. The molecule has 2 aromatic rings. The first kappa shape index (κ1) is 26.6. The van der Waals surface area contributed by atoms with Gasteiger partial charge in [0.2, 0.25) is 0 Å². The molecule has 0 spiro atoms. The van der Waals surface area contributed by atoms with Crippen LogP contribution in [0.5, 0.6) is 0 Å². The van der Waals surface area contributed by atoms with Gasteiger partial charge in [-0.1, -0.05) is 100 Å². The van der Waals surface area contributed by atoms with Gasteiger partial charge in [0.05, 0.1) is 9.79 Å². The number of sulfone groups is 2. The third-order valence-corrected chi connectivity index (χ3v) is 11.2. The Bertz CT molecular complexity index is 947. The number of hydrogen-bond donors (Lipinski definition) is 0. The average molecular weight is 479 g/mol. The number of rotatable bonds is 14. The minimum atomic E-state index is -4.03. The Hall–Kier alpha value is -1.66. The van der Waals surface area contributed by atoms with Crippen LogP contribution in [0.3, 0.4) is 0 Å². The third kappa shape index (κ3) is 7.45. The highest BCUT2D eigenvalue weighted by molar-refractivity contribution is 8.09. The van der Waals surface area contributed by atoms with Gasteiger partial charge < -0.3 is 0 Å². The number of aryl methyl sites for hydroxylation is 2. The molecule has 0 fully saturated rings. The maximum atomic E-state index is 13.4. The molecular weight excluding hydrogens is 440 g/mol. The summed E-state index contributed by atoms with van der Waals surface area (Å²) in [5, 5.41) is 0. The lowest BCUT2D eigenvalue weighted by Crippen LogP contribution is -2.31. The first-order valence-corrected chi connectivity index (χ1v) is 14.9. The van der Waals surface area contributed by atoms with Crippen molar-refractivity contribution in [2.75, 3.05) is 0 Å². The molecule has 0 aromatic heterocycles. The summed E-state index contributed by atoms with van der Waals surface area (Å²) in [4.78, 5) is 0.138.